The molecule has 168 valence electrons. The van der Waals surface area contributed by atoms with Crippen LogP contribution in [0.4, 0.5) is 0 Å². The number of benzene rings is 3. The largest absolute Gasteiger partial charge is 0.455 e. The molecule has 0 saturated carbocycles. The fraction of sp³-hybridized carbons (Fsp3) is 0.367. The van der Waals surface area contributed by atoms with E-state index in [1.54, 1.807) is 0 Å². The monoisotopic (exact) mass is 437 g/mol. The molecule has 0 amide bonds. The lowest BCUT2D eigenvalue weighted by atomic mass is 9.62. The van der Waals surface area contributed by atoms with Gasteiger partial charge in [-0.2, -0.15) is 0 Å². The maximum atomic E-state index is 6.69. The minimum atomic E-state index is 0.155. The van der Waals surface area contributed by atoms with Crippen LogP contribution in [0.25, 0.3) is 44.1 Å². The molecule has 1 aliphatic rings. The van der Waals surface area contributed by atoms with E-state index < -0.39 is 0 Å². The quantitative estimate of drug-likeness (QED) is 0.254. The van der Waals surface area contributed by atoms with E-state index in [1.165, 1.54) is 56.6 Å². The minimum Gasteiger partial charge on any atom is -0.455 e. The van der Waals surface area contributed by atoms with Gasteiger partial charge in [-0.3, -0.25) is 0 Å². The maximum absolute atomic E-state index is 6.69. The molecule has 3 heteroatoms. The summed E-state index contributed by atoms with van der Waals surface area (Å²) < 4.78 is 11.0. The van der Waals surface area contributed by atoms with Crippen LogP contribution in [-0.4, -0.2) is 4.57 Å². The van der Waals surface area contributed by atoms with Gasteiger partial charge in [0.15, 0.2) is 5.58 Å². The average Bonchev–Trinajstić information content (AvgIpc) is 3.28. The zero-order valence-electron chi connectivity index (χ0n) is 20.8. The van der Waals surface area contributed by atoms with Crippen LogP contribution in [0.2, 0.25) is 0 Å². The standard InChI is InChI=1S/C30H33N2O/c1-18-8-10-20-22-16-19-9-11-23-26(30(4,5)13-12-29(23,2)3)21(19)17-24(22)33-27(20)25(18)28-31(6)14-15-32(28)7/h8-11,14-17H,12-13H2,1-7H3/q+1. The number of hydrogen-bond acceptors (Lipinski definition) is 1. The van der Waals surface area contributed by atoms with Crippen LogP contribution in [-0.2, 0) is 24.9 Å². The smallest absolute Gasteiger partial charge is 0.292 e. The Morgan fingerprint density at radius 1 is 0.909 bits per heavy atom. The summed E-state index contributed by atoms with van der Waals surface area (Å²) in [5.41, 5.74) is 7.71. The molecule has 0 aliphatic heterocycles. The van der Waals surface area contributed by atoms with Crippen LogP contribution in [0.3, 0.4) is 0 Å². The van der Waals surface area contributed by atoms with Gasteiger partial charge in [0.1, 0.15) is 23.5 Å². The van der Waals surface area contributed by atoms with Crippen LogP contribution < -0.4 is 4.57 Å². The van der Waals surface area contributed by atoms with Crippen LogP contribution in [0, 0.1) is 6.92 Å². The summed E-state index contributed by atoms with van der Waals surface area (Å²) in [5, 5.41) is 5.04. The Labute approximate surface area is 195 Å². The minimum absolute atomic E-state index is 0.155. The number of aryl methyl sites for hydroxylation is 3. The van der Waals surface area contributed by atoms with Gasteiger partial charge in [0, 0.05) is 10.8 Å². The summed E-state index contributed by atoms with van der Waals surface area (Å²) in [7, 11) is 4.20. The highest BCUT2D eigenvalue weighted by Crippen LogP contribution is 2.49. The summed E-state index contributed by atoms with van der Waals surface area (Å²) in [4.78, 5) is 0. The molecule has 2 heterocycles. The number of rotatable bonds is 1. The second kappa shape index (κ2) is 6.50. The van der Waals surface area contributed by atoms with Crippen LogP contribution in [0.1, 0.15) is 57.2 Å². The first-order chi connectivity index (χ1) is 15.6. The van der Waals surface area contributed by atoms with Gasteiger partial charge in [0.2, 0.25) is 0 Å². The van der Waals surface area contributed by atoms with E-state index in [4.69, 9.17) is 4.42 Å². The average molecular weight is 438 g/mol. The van der Waals surface area contributed by atoms with Crippen molar-refractivity contribution in [2.24, 2.45) is 14.1 Å². The Morgan fingerprint density at radius 2 is 1.67 bits per heavy atom. The van der Waals surface area contributed by atoms with Crippen molar-refractivity contribution in [3.8, 4) is 11.4 Å². The van der Waals surface area contributed by atoms with Crippen LogP contribution in [0.5, 0.6) is 0 Å². The van der Waals surface area contributed by atoms with Gasteiger partial charge < -0.3 is 4.42 Å². The van der Waals surface area contributed by atoms with E-state index in [2.05, 4.69) is 107 Å². The lowest BCUT2D eigenvalue weighted by molar-refractivity contribution is -0.659. The molecule has 6 rings (SSSR count). The van der Waals surface area contributed by atoms with Crippen molar-refractivity contribution in [1.29, 1.82) is 0 Å². The number of imidazole rings is 1. The molecule has 0 unspecified atom stereocenters. The van der Waals surface area contributed by atoms with E-state index >= 15 is 0 Å². The summed E-state index contributed by atoms with van der Waals surface area (Å²) in [5.74, 6) is 1.15. The van der Waals surface area contributed by atoms with Crippen molar-refractivity contribution in [2.45, 2.75) is 58.3 Å². The van der Waals surface area contributed by atoms with Gasteiger partial charge in [-0.25, -0.2) is 9.13 Å². The Bertz CT molecular complexity index is 1570. The normalized spacial score (nSPS) is 17.2. The number of hydrogen-bond donors (Lipinski definition) is 0. The highest BCUT2D eigenvalue weighted by Gasteiger charge is 2.38. The third-order valence-electron chi connectivity index (χ3n) is 8.17. The third-order valence-corrected chi connectivity index (χ3v) is 8.17. The molecule has 1 aliphatic carbocycles. The van der Waals surface area contributed by atoms with Gasteiger partial charge >= 0.3 is 0 Å². The predicted octanol–water partition coefficient (Wildman–Crippen LogP) is 7.23. The van der Waals surface area contributed by atoms with E-state index in [1.807, 2.05) is 0 Å². The molecule has 0 fully saturated rings. The molecule has 3 aromatic carbocycles. The number of fused-ring (bicyclic) bond motifs is 6. The molecule has 0 N–H and O–H groups in total. The second-order valence-corrected chi connectivity index (χ2v) is 11.4. The molecular formula is C30H33N2O+. The molecule has 0 spiro atoms. The molecule has 2 aromatic heterocycles. The summed E-state index contributed by atoms with van der Waals surface area (Å²) in [6, 6.07) is 13.8. The number of nitrogens with zero attached hydrogens (tertiary/aromatic N) is 2. The number of furan rings is 1. The Balaban J connectivity index is 1.72. The molecule has 0 atom stereocenters. The molecule has 3 nitrogen and oxygen atoms in total. The van der Waals surface area contributed by atoms with E-state index in [0.717, 1.165) is 17.0 Å². The first-order valence-corrected chi connectivity index (χ1v) is 12.0. The third kappa shape index (κ3) is 2.78. The fourth-order valence-corrected chi connectivity index (χ4v) is 6.15. The van der Waals surface area contributed by atoms with E-state index in [9.17, 15) is 0 Å². The van der Waals surface area contributed by atoms with Crippen molar-refractivity contribution in [2.75, 3.05) is 0 Å². The van der Waals surface area contributed by atoms with Crippen molar-refractivity contribution < 1.29 is 8.98 Å². The van der Waals surface area contributed by atoms with Crippen molar-refractivity contribution in [3.05, 3.63) is 65.5 Å². The highest BCUT2D eigenvalue weighted by molar-refractivity contribution is 6.13. The summed E-state index contributed by atoms with van der Waals surface area (Å²) in [6.07, 6.45) is 6.63. The lowest BCUT2D eigenvalue weighted by Crippen LogP contribution is -2.34. The lowest BCUT2D eigenvalue weighted by Gasteiger charge is -2.42. The first kappa shape index (κ1) is 20.5. The zero-order chi connectivity index (χ0) is 23.3. The van der Waals surface area contributed by atoms with Crippen LogP contribution >= 0.6 is 0 Å². The molecule has 0 bridgehead atoms. The fourth-order valence-electron chi connectivity index (χ4n) is 6.15. The predicted molar refractivity (Wildman–Crippen MR) is 137 cm³/mol. The molecule has 5 aromatic rings. The van der Waals surface area contributed by atoms with Crippen molar-refractivity contribution >= 4 is 32.7 Å². The van der Waals surface area contributed by atoms with Gasteiger partial charge in [-0.15, -0.1) is 0 Å². The van der Waals surface area contributed by atoms with E-state index in [-0.39, 0.29) is 10.8 Å². The molecule has 0 radical (unpaired) electrons. The summed E-state index contributed by atoms with van der Waals surface area (Å²) >= 11 is 0. The van der Waals surface area contributed by atoms with Gasteiger partial charge in [-0.05, 0) is 70.2 Å². The van der Waals surface area contributed by atoms with Gasteiger partial charge in [0.05, 0.1) is 14.1 Å². The maximum Gasteiger partial charge on any atom is 0.292 e. The van der Waals surface area contributed by atoms with Crippen molar-refractivity contribution in [1.82, 2.24) is 4.57 Å². The van der Waals surface area contributed by atoms with Gasteiger partial charge in [0.25, 0.3) is 5.82 Å². The Kier molecular flexibility index (Phi) is 4.04. The van der Waals surface area contributed by atoms with E-state index in [0.29, 0.717) is 0 Å². The highest BCUT2D eigenvalue weighted by atomic mass is 16.3. The zero-order valence-corrected chi connectivity index (χ0v) is 20.8. The Hall–Kier alpha value is -3.07. The van der Waals surface area contributed by atoms with Crippen LogP contribution in [0.15, 0.2) is 53.2 Å². The SMILES string of the molecule is Cc1ccc2c(oc3cc4c5c(ccc4cc32)C(C)(C)CCC5(C)C)c1-c1n(C)cc[n+]1C. The second-order valence-electron chi connectivity index (χ2n) is 11.4. The first-order valence-electron chi connectivity index (χ1n) is 12.0. The summed E-state index contributed by atoms with van der Waals surface area (Å²) in [6.45, 7) is 11.8. The van der Waals surface area contributed by atoms with Crippen molar-refractivity contribution in [3.63, 3.8) is 0 Å². The topological polar surface area (TPSA) is 21.9 Å². The Morgan fingerprint density at radius 3 is 2.39 bits per heavy atom. The van der Waals surface area contributed by atoms with Gasteiger partial charge in [-0.1, -0.05) is 52.0 Å². The molecule has 33 heavy (non-hydrogen) atoms. The molecule has 0 saturated heterocycles. The molecular weight excluding hydrogens is 404 g/mol. The number of aromatic nitrogens is 2.